The molecule has 1 aromatic heterocycles. The zero-order valence-corrected chi connectivity index (χ0v) is 10.6. The summed E-state index contributed by atoms with van der Waals surface area (Å²) in [4.78, 5) is 16.8. The lowest BCUT2D eigenvalue weighted by Crippen LogP contribution is -2.17. The third kappa shape index (κ3) is 2.55. The lowest BCUT2D eigenvalue weighted by atomic mass is 10.1. The number of hydrogen-bond donors (Lipinski definition) is 0. The Morgan fingerprint density at radius 1 is 1.56 bits per heavy atom. The number of aldehydes is 1. The zero-order valence-electron chi connectivity index (χ0n) is 9.83. The quantitative estimate of drug-likeness (QED) is 0.789. The number of carbonyl (C=O) groups is 1. The van der Waals surface area contributed by atoms with Crippen LogP contribution < -0.4 is 4.90 Å². The fourth-order valence-corrected chi connectivity index (χ4v) is 2.24. The van der Waals surface area contributed by atoms with Crippen LogP contribution in [0.1, 0.15) is 21.6 Å². The Morgan fingerprint density at radius 2 is 2.39 bits per heavy atom. The van der Waals surface area contributed by atoms with Crippen molar-refractivity contribution in [1.29, 1.82) is 5.26 Å². The van der Waals surface area contributed by atoms with Gasteiger partial charge in [0.2, 0.25) is 0 Å². The van der Waals surface area contributed by atoms with Crippen LogP contribution in [0.15, 0.2) is 29.1 Å². The van der Waals surface area contributed by atoms with Gasteiger partial charge in [-0.3, -0.25) is 4.79 Å². The molecule has 0 spiro atoms. The van der Waals surface area contributed by atoms with Crippen molar-refractivity contribution in [3.63, 3.8) is 0 Å². The van der Waals surface area contributed by atoms with Crippen LogP contribution in [0.4, 0.5) is 5.69 Å². The fourth-order valence-electron chi connectivity index (χ4n) is 1.69. The molecule has 0 amide bonds. The highest BCUT2D eigenvalue weighted by molar-refractivity contribution is 7.07. The van der Waals surface area contributed by atoms with Crippen LogP contribution in [0.3, 0.4) is 0 Å². The van der Waals surface area contributed by atoms with Gasteiger partial charge in [0.1, 0.15) is 12.4 Å². The lowest BCUT2D eigenvalue weighted by Gasteiger charge is -2.19. The van der Waals surface area contributed by atoms with E-state index in [0.717, 1.165) is 17.7 Å². The molecule has 0 radical (unpaired) electrons. The molecule has 4 nitrogen and oxygen atoms in total. The molecule has 0 saturated heterocycles. The lowest BCUT2D eigenvalue weighted by molar-refractivity contribution is 0.112. The Balaban J connectivity index is 2.27. The molecule has 5 heteroatoms. The van der Waals surface area contributed by atoms with E-state index in [4.69, 9.17) is 5.26 Å². The van der Waals surface area contributed by atoms with E-state index in [9.17, 15) is 4.79 Å². The molecular formula is C13H11N3OS. The van der Waals surface area contributed by atoms with Gasteiger partial charge in [-0.05, 0) is 18.2 Å². The number of rotatable bonds is 4. The van der Waals surface area contributed by atoms with Crippen molar-refractivity contribution in [3.05, 3.63) is 45.9 Å². The minimum Gasteiger partial charge on any atom is -0.368 e. The monoisotopic (exact) mass is 257 g/mol. The summed E-state index contributed by atoms with van der Waals surface area (Å²) in [6.07, 6.45) is 0.741. The van der Waals surface area contributed by atoms with Gasteiger partial charge in [0.25, 0.3) is 0 Å². The van der Waals surface area contributed by atoms with Gasteiger partial charge in [-0.15, -0.1) is 11.3 Å². The highest BCUT2D eigenvalue weighted by Crippen LogP contribution is 2.21. The molecule has 0 bridgehead atoms. The second-order valence-electron chi connectivity index (χ2n) is 3.84. The number of hydrogen-bond acceptors (Lipinski definition) is 5. The van der Waals surface area contributed by atoms with Crippen LogP contribution in [0.5, 0.6) is 0 Å². The van der Waals surface area contributed by atoms with E-state index in [1.54, 1.807) is 35.0 Å². The molecule has 0 atom stereocenters. The van der Waals surface area contributed by atoms with Crippen molar-refractivity contribution < 1.29 is 4.79 Å². The smallest absolute Gasteiger partial charge is 0.150 e. The third-order valence-electron chi connectivity index (χ3n) is 2.57. The van der Waals surface area contributed by atoms with Crippen molar-refractivity contribution in [2.24, 2.45) is 0 Å². The maximum absolute atomic E-state index is 10.7. The Kier molecular flexibility index (Phi) is 3.70. The largest absolute Gasteiger partial charge is 0.368 e. The van der Waals surface area contributed by atoms with E-state index in [-0.39, 0.29) is 0 Å². The highest BCUT2D eigenvalue weighted by atomic mass is 32.1. The molecule has 2 rings (SSSR count). The number of nitrogens with zero attached hydrogens (tertiary/aromatic N) is 3. The second kappa shape index (κ2) is 5.43. The molecule has 1 heterocycles. The maximum atomic E-state index is 10.7. The Labute approximate surface area is 109 Å². The van der Waals surface area contributed by atoms with E-state index in [1.807, 2.05) is 17.3 Å². The number of carbonyl (C=O) groups excluding carboxylic acids is 1. The first-order valence-electron chi connectivity index (χ1n) is 5.32. The molecule has 90 valence electrons. The second-order valence-corrected chi connectivity index (χ2v) is 4.56. The molecule has 0 aliphatic heterocycles. The molecule has 0 aliphatic rings. The molecular weight excluding hydrogens is 246 g/mol. The molecule has 2 aromatic rings. The van der Waals surface area contributed by atoms with Crippen LogP contribution in [-0.2, 0) is 6.54 Å². The zero-order chi connectivity index (χ0) is 13.0. The van der Waals surface area contributed by atoms with Crippen molar-refractivity contribution in [1.82, 2.24) is 4.98 Å². The van der Waals surface area contributed by atoms with Gasteiger partial charge in [0, 0.05) is 18.0 Å². The summed E-state index contributed by atoms with van der Waals surface area (Å²) in [7, 11) is 1.90. The van der Waals surface area contributed by atoms with Crippen molar-refractivity contribution in [2.45, 2.75) is 6.54 Å². The third-order valence-corrected chi connectivity index (χ3v) is 3.21. The molecule has 0 fully saturated rings. The van der Waals surface area contributed by atoms with E-state index in [0.29, 0.717) is 17.7 Å². The molecule has 1 aromatic carbocycles. The average Bonchev–Trinajstić information content (AvgIpc) is 2.90. The SMILES string of the molecule is CN(Cc1cscn1)c1ccc(C=O)cc1C#N. The summed E-state index contributed by atoms with van der Waals surface area (Å²) in [6.45, 7) is 0.638. The van der Waals surface area contributed by atoms with Gasteiger partial charge in [-0.2, -0.15) is 5.26 Å². The van der Waals surface area contributed by atoms with Crippen LogP contribution >= 0.6 is 11.3 Å². The molecule has 18 heavy (non-hydrogen) atoms. The van der Waals surface area contributed by atoms with Gasteiger partial charge < -0.3 is 4.90 Å². The fraction of sp³-hybridized carbons (Fsp3) is 0.154. The van der Waals surface area contributed by atoms with E-state index in [1.165, 1.54) is 0 Å². The normalized spacial score (nSPS) is 9.78. The minimum atomic E-state index is 0.498. The van der Waals surface area contributed by atoms with E-state index >= 15 is 0 Å². The van der Waals surface area contributed by atoms with E-state index < -0.39 is 0 Å². The predicted octanol–water partition coefficient (Wildman–Crippen LogP) is 2.46. The molecule has 0 N–H and O–H groups in total. The number of thiazole rings is 1. The Bertz CT molecular complexity index is 587. The summed E-state index contributed by atoms with van der Waals surface area (Å²) in [5.74, 6) is 0. The Morgan fingerprint density at radius 3 is 3.00 bits per heavy atom. The van der Waals surface area contributed by atoms with Gasteiger partial charge >= 0.3 is 0 Å². The van der Waals surface area contributed by atoms with Gasteiger partial charge in [0.05, 0.1) is 29.0 Å². The van der Waals surface area contributed by atoms with Gasteiger partial charge in [0.15, 0.2) is 0 Å². The summed E-state index contributed by atoms with van der Waals surface area (Å²) in [5, 5.41) is 11.1. The van der Waals surface area contributed by atoms with Crippen LogP contribution in [-0.4, -0.2) is 18.3 Å². The summed E-state index contributed by atoms with van der Waals surface area (Å²) >= 11 is 1.54. The minimum absolute atomic E-state index is 0.498. The number of benzene rings is 1. The first-order valence-corrected chi connectivity index (χ1v) is 6.26. The van der Waals surface area contributed by atoms with Crippen molar-refractivity contribution in [3.8, 4) is 6.07 Å². The van der Waals surface area contributed by atoms with Crippen molar-refractivity contribution in [2.75, 3.05) is 11.9 Å². The predicted molar refractivity (Wildman–Crippen MR) is 70.8 cm³/mol. The van der Waals surface area contributed by atoms with Crippen LogP contribution in [0.2, 0.25) is 0 Å². The van der Waals surface area contributed by atoms with Crippen LogP contribution in [0.25, 0.3) is 0 Å². The number of nitriles is 1. The first-order chi connectivity index (χ1) is 8.74. The summed E-state index contributed by atoms with van der Waals surface area (Å²) in [6, 6.07) is 7.20. The Hall–Kier alpha value is -2.19. The molecule has 0 unspecified atom stereocenters. The number of anilines is 1. The molecule has 0 aliphatic carbocycles. The highest BCUT2D eigenvalue weighted by Gasteiger charge is 2.09. The molecule has 0 saturated carbocycles. The van der Waals surface area contributed by atoms with Crippen molar-refractivity contribution >= 4 is 23.3 Å². The average molecular weight is 257 g/mol. The topological polar surface area (TPSA) is 57.0 Å². The summed E-state index contributed by atoms with van der Waals surface area (Å²) < 4.78 is 0. The number of aromatic nitrogens is 1. The van der Waals surface area contributed by atoms with Gasteiger partial charge in [-0.1, -0.05) is 0 Å². The standard InChI is InChI=1S/C13H11N3OS/c1-16(6-12-8-18-9-15-12)13-3-2-10(7-17)4-11(13)5-14/h2-4,7-9H,6H2,1H3. The van der Waals surface area contributed by atoms with Gasteiger partial charge in [-0.25, -0.2) is 4.98 Å². The summed E-state index contributed by atoms with van der Waals surface area (Å²) in [5.41, 5.74) is 4.56. The first kappa shape index (κ1) is 12.3. The maximum Gasteiger partial charge on any atom is 0.150 e. The van der Waals surface area contributed by atoms with E-state index in [2.05, 4.69) is 11.1 Å². The van der Waals surface area contributed by atoms with Crippen LogP contribution in [0, 0.1) is 11.3 Å².